The SMILES string of the molecule is CN1Cc2c(c(O)c3ncc(Cc4ccc(F)cc4)cc3c2C(=O)N(CCC#N)C2CC2)C1O. The average Bonchev–Trinajstić information content (AvgIpc) is 3.61. The van der Waals surface area contributed by atoms with Crippen molar-refractivity contribution in [3.8, 4) is 11.8 Å². The van der Waals surface area contributed by atoms with Crippen molar-refractivity contribution in [3.63, 3.8) is 0 Å². The lowest BCUT2D eigenvalue weighted by Gasteiger charge is -2.24. The summed E-state index contributed by atoms with van der Waals surface area (Å²) >= 11 is 0. The number of nitrogens with zero attached hydrogens (tertiary/aromatic N) is 4. The maximum absolute atomic E-state index is 13.9. The number of hydrogen-bond donors (Lipinski definition) is 2. The lowest BCUT2D eigenvalue weighted by molar-refractivity contribution is 0.0323. The number of phenolic OH excluding ortho intramolecular Hbond substituents is 1. The lowest BCUT2D eigenvalue weighted by atomic mass is 9.93. The van der Waals surface area contributed by atoms with Crippen molar-refractivity contribution < 1.29 is 19.4 Å². The van der Waals surface area contributed by atoms with Gasteiger partial charge in [0.05, 0.1) is 18.1 Å². The molecule has 2 N–H and O–H groups in total. The topological polar surface area (TPSA) is 101 Å². The number of hydrogen-bond acceptors (Lipinski definition) is 6. The summed E-state index contributed by atoms with van der Waals surface area (Å²) in [6.45, 7) is 0.637. The second-order valence-corrected chi connectivity index (χ2v) is 9.09. The Balaban J connectivity index is 1.66. The number of nitriles is 1. The van der Waals surface area contributed by atoms with E-state index in [1.165, 1.54) is 12.1 Å². The number of carbonyl (C=O) groups excluding carboxylic acids is 1. The van der Waals surface area contributed by atoms with Gasteiger partial charge in [-0.1, -0.05) is 12.1 Å². The molecule has 0 radical (unpaired) electrons. The van der Waals surface area contributed by atoms with Crippen LogP contribution in [0.5, 0.6) is 5.75 Å². The fourth-order valence-electron chi connectivity index (χ4n) is 4.78. The van der Waals surface area contributed by atoms with Gasteiger partial charge in [-0.05, 0) is 61.2 Å². The summed E-state index contributed by atoms with van der Waals surface area (Å²) in [7, 11) is 1.73. The summed E-state index contributed by atoms with van der Waals surface area (Å²) < 4.78 is 13.3. The van der Waals surface area contributed by atoms with Crippen LogP contribution in [0, 0.1) is 17.1 Å². The lowest BCUT2D eigenvalue weighted by Crippen LogP contribution is -2.34. The van der Waals surface area contributed by atoms with Crippen LogP contribution in [-0.2, 0) is 13.0 Å². The number of amides is 1. The third-order valence-corrected chi connectivity index (χ3v) is 6.65. The molecule has 2 heterocycles. The van der Waals surface area contributed by atoms with Gasteiger partial charge in [-0.15, -0.1) is 0 Å². The van der Waals surface area contributed by atoms with Gasteiger partial charge < -0.3 is 15.1 Å². The van der Waals surface area contributed by atoms with Crippen LogP contribution in [0.1, 0.15) is 58.1 Å². The molecule has 1 aliphatic carbocycles. The van der Waals surface area contributed by atoms with Gasteiger partial charge in [-0.25, -0.2) is 4.39 Å². The highest BCUT2D eigenvalue weighted by atomic mass is 19.1. The third-order valence-electron chi connectivity index (χ3n) is 6.65. The van der Waals surface area contributed by atoms with Gasteiger partial charge in [0.25, 0.3) is 5.91 Å². The van der Waals surface area contributed by atoms with Crippen molar-refractivity contribution in [2.45, 2.75) is 44.5 Å². The van der Waals surface area contributed by atoms with Gasteiger partial charge in [0.1, 0.15) is 23.3 Å². The van der Waals surface area contributed by atoms with E-state index in [0.29, 0.717) is 41.6 Å². The number of pyridine rings is 1. The van der Waals surface area contributed by atoms with Gasteiger partial charge >= 0.3 is 0 Å². The quantitative estimate of drug-likeness (QED) is 0.583. The minimum atomic E-state index is -1.04. The molecule has 1 aliphatic heterocycles. The second kappa shape index (κ2) is 8.67. The molecular weight excluding hydrogens is 435 g/mol. The van der Waals surface area contributed by atoms with E-state index < -0.39 is 6.23 Å². The molecule has 0 saturated heterocycles. The number of aliphatic hydroxyl groups excluding tert-OH is 1. The van der Waals surface area contributed by atoms with Crippen molar-refractivity contribution in [1.82, 2.24) is 14.8 Å². The molecule has 1 atom stereocenters. The number of fused-ring (bicyclic) bond motifs is 2. The van der Waals surface area contributed by atoms with Crippen LogP contribution < -0.4 is 0 Å². The fraction of sp³-hybridized carbons (Fsp3) is 0.346. The van der Waals surface area contributed by atoms with E-state index in [4.69, 9.17) is 5.26 Å². The normalized spacial score (nSPS) is 17.5. The molecule has 2 aliphatic rings. The zero-order valence-electron chi connectivity index (χ0n) is 18.8. The van der Waals surface area contributed by atoms with Gasteiger partial charge in [0.15, 0.2) is 0 Å². The molecule has 1 amide bonds. The molecule has 2 aromatic carbocycles. The maximum Gasteiger partial charge on any atom is 0.255 e. The van der Waals surface area contributed by atoms with Gasteiger partial charge in [-0.2, -0.15) is 5.26 Å². The van der Waals surface area contributed by atoms with E-state index in [-0.39, 0.29) is 35.5 Å². The smallest absolute Gasteiger partial charge is 0.255 e. The molecule has 1 aromatic heterocycles. The Labute approximate surface area is 196 Å². The molecule has 7 nitrogen and oxygen atoms in total. The van der Waals surface area contributed by atoms with Crippen molar-refractivity contribution in [2.24, 2.45) is 0 Å². The van der Waals surface area contributed by atoms with Crippen LogP contribution in [-0.4, -0.2) is 50.5 Å². The minimum Gasteiger partial charge on any atom is -0.505 e. The summed E-state index contributed by atoms with van der Waals surface area (Å²) in [6, 6.07) is 10.3. The average molecular weight is 461 g/mol. The van der Waals surface area contributed by atoms with Crippen LogP contribution in [0.15, 0.2) is 36.5 Å². The monoisotopic (exact) mass is 460 g/mol. The van der Waals surface area contributed by atoms with Crippen LogP contribution in [0.4, 0.5) is 4.39 Å². The highest BCUT2D eigenvalue weighted by molar-refractivity contribution is 6.10. The maximum atomic E-state index is 13.9. The minimum absolute atomic E-state index is 0.0970. The number of aromatic nitrogens is 1. The number of halogens is 1. The molecule has 8 heteroatoms. The number of rotatable bonds is 6. The van der Waals surface area contributed by atoms with Gasteiger partial charge in [0.2, 0.25) is 0 Å². The molecule has 0 spiro atoms. The molecule has 1 fully saturated rings. The molecule has 0 bridgehead atoms. The Morgan fingerprint density at radius 2 is 2.03 bits per heavy atom. The van der Waals surface area contributed by atoms with E-state index in [2.05, 4.69) is 11.1 Å². The number of phenols is 1. The molecule has 3 aromatic rings. The Bertz CT molecular complexity index is 1310. The van der Waals surface area contributed by atoms with Gasteiger partial charge in [-0.3, -0.25) is 14.7 Å². The second-order valence-electron chi connectivity index (χ2n) is 9.09. The largest absolute Gasteiger partial charge is 0.505 e. The summed E-state index contributed by atoms with van der Waals surface area (Å²) in [5, 5.41) is 31.3. The van der Waals surface area contributed by atoms with E-state index in [1.807, 2.05) is 6.07 Å². The van der Waals surface area contributed by atoms with E-state index in [1.54, 1.807) is 35.2 Å². The summed E-state index contributed by atoms with van der Waals surface area (Å²) in [5.74, 6) is -0.641. The van der Waals surface area contributed by atoms with Crippen LogP contribution in [0.2, 0.25) is 0 Å². The van der Waals surface area contributed by atoms with E-state index in [9.17, 15) is 19.4 Å². The zero-order valence-corrected chi connectivity index (χ0v) is 18.8. The van der Waals surface area contributed by atoms with Crippen molar-refractivity contribution in [3.05, 3.63) is 70.2 Å². The molecule has 1 saturated carbocycles. The number of benzene rings is 2. The summed E-state index contributed by atoms with van der Waals surface area (Å²) in [6.07, 6.45) is 3.10. The number of aliphatic hydroxyl groups is 1. The fourth-order valence-corrected chi connectivity index (χ4v) is 4.78. The van der Waals surface area contributed by atoms with E-state index in [0.717, 1.165) is 24.0 Å². The first kappa shape index (κ1) is 22.3. The Kier molecular flexibility index (Phi) is 5.68. The van der Waals surface area contributed by atoms with Crippen molar-refractivity contribution >= 4 is 16.8 Å². The highest BCUT2D eigenvalue weighted by Gasteiger charge is 2.39. The first-order chi connectivity index (χ1) is 16.4. The summed E-state index contributed by atoms with van der Waals surface area (Å²) in [5.41, 5.74) is 3.29. The predicted molar refractivity (Wildman–Crippen MR) is 123 cm³/mol. The molecule has 5 rings (SSSR count). The molecule has 174 valence electrons. The van der Waals surface area contributed by atoms with Crippen LogP contribution >= 0.6 is 0 Å². The Morgan fingerprint density at radius 3 is 2.71 bits per heavy atom. The third kappa shape index (κ3) is 3.87. The highest BCUT2D eigenvalue weighted by Crippen LogP contribution is 2.45. The molecular formula is C26H25FN4O3. The first-order valence-corrected chi connectivity index (χ1v) is 11.4. The molecule has 34 heavy (non-hydrogen) atoms. The van der Waals surface area contributed by atoms with Crippen molar-refractivity contribution in [2.75, 3.05) is 13.6 Å². The first-order valence-electron chi connectivity index (χ1n) is 11.4. The van der Waals surface area contributed by atoms with E-state index >= 15 is 0 Å². The van der Waals surface area contributed by atoms with Crippen LogP contribution in [0.3, 0.4) is 0 Å². The Morgan fingerprint density at radius 1 is 1.29 bits per heavy atom. The van der Waals surface area contributed by atoms with Crippen molar-refractivity contribution in [1.29, 1.82) is 5.26 Å². The van der Waals surface area contributed by atoms with Crippen LogP contribution in [0.25, 0.3) is 10.9 Å². The number of carbonyl (C=O) groups is 1. The zero-order chi connectivity index (χ0) is 24.0. The number of aromatic hydroxyl groups is 1. The molecule has 1 unspecified atom stereocenters. The summed E-state index contributed by atoms with van der Waals surface area (Å²) in [4.78, 5) is 21.8. The predicted octanol–water partition coefficient (Wildman–Crippen LogP) is 3.62. The Hall–Kier alpha value is -3.54. The van der Waals surface area contributed by atoms with Gasteiger partial charge in [0, 0.05) is 36.3 Å². The standard InChI is InChI=1S/C26H25FN4O3/c1-30-14-20-21(26(34)31(10-2-9-28)18-7-8-18)19-12-16(11-15-3-5-17(27)6-4-15)13-29-23(19)24(32)22(20)25(30)33/h3-6,12-13,18,25,32-33H,2,7-8,10-11,14H2,1H3.